The molecule has 4 nitrogen and oxygen atoms in total. The summed E-state index contributed by atoms with van der Waals surface area (Å²) in [6, 6.07) is 0.353. The molecule has 2 fully saturated rings. The maximum absolute atomic E-state index is 12.5. The molecule has 0 bridgehead atoms. The number of hydrogen-bond acceptors (Lipinski definition) is 4. The van der Waals surface area contributed by atoms with Crippen molar-refractivity contribution in [1.82, 2.24) is 5.32 Å². The smallest absolute Gasteiger partial charge is 0.0510 e. The second-order valence-corrected chi connectivity index (χ2v) is 7.30. The minimum Gasteiger partial charge on any atom is -0.381 e. The summed E-state index contributed by atoms with van der Waals surface area (Å²) >= 11 is 0. The summed E-state index contributed by atoms with van der Waals surface area (Å²) < 4.78 is 23.3. The molecule has 2 rings (SSSR count). The van der Waals surface area contributed by atoms with E-state index in [1.54, 1.807) is 0 Å². The first-order chi connectivity index (χ1) is 9.31. The molecule has 2 aliphatic heterocycles. The number of rotatable bonds is 7. The second kappa shape index (κ2) is 8.35. The van der Waals surface area contributed by atoms with Crippen molar-refractivity contribution in [1.29, 1.82) is 0 Å². The minimum atomic E-state index is -0.734. The van der Waals surface area contributed by atoms with E-state index in [2.05, 4.69) is 12.2 Å². The Labute approximate surface area is 119 Å². The van der Waals surface area contributed by atoms with Crippen molar-refractivity contribution in [3.05, 3.63) is 0 Å². The predicted octanol–water partition coefficient (Wildman–Crippen LogP) is 1.32. The van der Waals surface area contributed by atoms with E-state index in [9.17, 15) is 4.21 Å². The Balaban J connectivity index is 1.84. The molecule has 0 radical (unpaired) electrons. The van der Waals surface area contributed by atoms with E-state index in [-0.39, 0.29) is 0 Å². The molecule has 112 valence electrons. The summed E-state index contributed by atoms with van der Waals surface area (Å²) in [6.07, 6.45) is 4.13. The van der Waals surface area contributed by atoms with Crippen molar-refractivity contribution in [3.8, 4) is 0 Å². The summed E-state index contributed by atoms with van der Waals surface area (Å²) in [5, 5.41) is 3.91. The molecule has 3 unspecified atom stereocenters. The molecule has 2 heterocycles. The molecular formula is C14H27NO3S. The maximum atomic E-state index is 12.5. The van der Waals surface area contributed by atoms with Gasteiger partial charge in [0.25, 0.3) is 0 Å². The molecule has 0 aliphatic carbocycles. The summed E-state index contributed by atoms with van der Waals surface area (Å²) in [5.74, 6) is 1.31. The monoisotopic (exact) mass is 289 g/mol. The average Bonchev–Trinajstić information content (AvgIpc) is 2.98. The van der Waals surface area contributed by atoms with Crippen LogP contribution in [0, 0.1) is 5.92 Å². The maximum Gasteiger partial charge on any atom is 0.0510 e. The van der Waals surface area contributed by atoms with Gasteiger partial charge in [0.15, 0.2) is 0 Å². The van der Waals surface area contributed by atoms with Gasteiger partial charge in [0.05, 0.1) is 6.61 Å². The molecule has 0 amide bonds. The lowest BCUT2D eigenvalue weighted by molar-refractivity contribution is 0.0991. The van der Waals surface area contributed by atoms with Crippen LogP contribution in [0.4, 0.5) is 0 Å². The third-order valence-electron chi connectivity index (χ3n) is 4.07. The average molecular weight is 289 g/mol. The predicted molar refractivity (Wildman–Crippen MR) is 77.9 cm³/mol. The highest BCUT2D eigenvalue weighted by molar-refractivity contribution is 7.85. The summed E-state index contributed by atoms with van der Waals surface area (Å²) in [5.41, 5.74) is 0. The van der Waals surface area contributed by atoms with Gasteiger partial charge >= 0.3 is 0 Å². The van der Waals surface area contributed by atoms with Crippen LogP contribution in [0.1, 0.15) is 32.6 Å². The fourth-order valence-electron chi connectivity index (χ4n) is 2.81. The Morgan fingerprint density at radius 1 is 1.21 bits per heavy atom. The Kier molecular flexibility index (Phi) is 6.77. The van der Waals surface area contributed by atoms with Crippen LogP contribution in [0.2, 0.25) is 0 Å². The summed E-state index contributed by atoms with van der Waals surface area (Å²) in [7, 11) is -0.734. The lowest BCUT2D eigenvalue weighted by Gasteiger charge is -2.27. The zero-order valence-corrected chi connectivity index (χ0v) is 12.8. The molecule has 0 aromatic rings. The Morgan fingerprint density at radius 3 is 2.58 bits per heavy atom. The number of hydrogen-bond donors (Lipinski definition) is 1. The second-order valence-electron chi connectivity index (χ2n) is 5.54. The van der Waals surface area contributed by atoms with Crippen LogP contribution in [0.3, 0.4) is 0 Å². The highest BCUT2D eigenvalue weighted by Gasteiger charge is 2.29. The third kappa shape index (κ3) is 4.81. The van der Waals surface area contributed by atoms with E-state index in [1.165, 1.54) is 0 Å². The first-order valence-electron chi connectivity index (χ1n) is 7.57. The number of ether oxygens (including phenoxy) is 2. The van der Waals surface area contributed by atoms with Gasteiger partial charge < -0.3 is 14.8 Å². The molecule has 1 N–H and O–H groups in total. The Bertz CT molecular complexity index is 276. The third-order valence-corrected chi connectivity index (χ3v) is 5.98. The topological polar surface area (TPSA) is 47.6 Å². The van der Waals surface area contributed by atoms with Crippen LogP contribution in [0.25, 0.3) is 0 Å². The van der Waals surface area contributed by atoms with E-state index in [0.717, 1.165) is 64.4 Å². The van der Waals surface area contributed by atoms with Crippen molar-refractivity contribution >= 4 is 10.8 Å². The quantitative estimate of drug-likeness (QED) is 0.768. The molecule has 5 heteroatoms. The van der Waals surface area contributed by atoms with Gasteiger partial charge in [-0.15, -0.1) is 0 Å². The molecule has 2 saturated heterocycles. The molecular weight excluding hydrogens is 262 g/mol. The van der Waals surface area contributed by atoms with E-state index in [1.807, 2.05) is 0 Å². The van der Waals surface area contributed by atoms with E-state index < -0.39 is 10.8 Å². The van der Waals surface area contributed by atoms with Gasteiger partial charge in [0.2, 0.25) is 0 Å². The van der Waals surface area contributed by atoms with Gasteiger partial charge in [-0.05, 0) is 32.2 Å². The van der Waals surface area contributed by atoms with Crippen LogP contribution in [0.5, 0.6) is 0 Å². The van der Waals surface area contributed by atoms with Gasteiger partial charge in [-0.3, -0.25) is 4.21 Å². The molecule has 0 aromatic heterocycles. The first-order valence-corrected chi connectivity index (χ1v) is 8.95. The van der Waals surface area contributed by atoms with E-state index in [4.69, 9.17) is 9.47 Å². The number of nitrogens with one attached hydrogen (secondary N) is 1. The first kappa shape index (κ1) is 15.4. The van der Waals surface area contributed by atoms with Crippen molar-refractivity contribution in [3.63, 3.8) is 0 Å². The largest absolute Gasteiger partial charge is 0.381 e. The Morgan fingerprint density at radius 2 is 1.95 bits per heavy atom. The molecule has 2 aliphatic rings. The standard InChI is InChI=1S/C14H27NO3S/c1-2-6-15-14(12-3-7-18-10-12)11-19(16)13-4-8-17-9-5-13/h12-15H,2-11H2,1H3. The van der Waals surface area contributed by atoms with Crippen LogP contribution in [0.15, 0.2) is 0 Å². The highest BCUT2D eigenvalue weighted by atomic mass is 32.2. The van der Waals surface area contributed by atoms with E-state index >= 15 is 0 Å². The molecule has 0 saturated carbocycles. The summed E-state index contributed by atoms with van der Waals surface area (Å²) in [4.78, 5) is 0. The Hall–Kier alpha value is 0.0300. The zero-order valence-electron chi connectivity index (χ0n) is 11.9. The lowest BCUT2D eigenvalue weighted by Crippen LogP contribution is -2.43. The van der Waals surface area contributed by atoms with Gasteiger partial charge in [-0.2, -0.15) is 0 Å². The molecule has 0 spiro atoms. The fraction of sp³-hybridized carbons (Fsp3) is 1.00. The molecule has 3 atom stereocenters. The van der Waals surface area contributed by atoms with Crippen LogP contribution in [-0.4, -0.2) is 54.2 Å². The normalized spacial score (nSPS) is 28.4. The van der Waals surface area contributed by atoms with Crippen molar-refractivity contribution < 1.29 is 13.7 Å². The SMILES string of the molecule is CCCNC(CS(=O)C1CCOCC1)C1CCOC1. The molecule has 0 aromatic carbocycles. The zero-order chi connectivity index (χ0) is 13.5. The fourth-order valence-corrected chi connectivity index (χ4v) is 4.55. The van der Waals surface area contributed by atoms with Crippen molar-refractivity contribution in [2.24, 2.45) is 5.92 Å². The summed E-state index contributed by atoms with van der Waals surface area (Å²) in [6.45, 7) is 6.41. The van der Waals surface area contributed by atoms with Crippen LogP contribution >= 0.6 is 0 Å². The van der Waals surface area contributed by atoms with Gasteiger partial charge in [0.1, 0.15) is 0 Å². The van der Waals surface area contributed by atoms with Crippen LogP contribution < -0.4 is 5.32 Å². The van der Waals surface area contributed by atoms with Gasteiger partial charge in [0, 0.05) is 53.6 Å². The van der Waals surface area contributed by atoms with Gasteiger partial charge in [-0.25, -0.2) is 0 Å². The van der Waals surface area contributed by atoms with Crippen LogP contribution in [-0.2, 0) is 20.3 Å². The minimum absolute atomic E-state index is 0.335. The van der Waals surface area contributed by atoms with Gasteiger partial charge in [-0.1, -0.05) is 6.92 Å². The highest BCUT2D eigenvalue weighted by Crippen LogP contribution is 2.20. The lowest BCUT2D eigenvalue weighted by atomic mass is 10.0. The molecule has 19 heavy (non-hydrogen) atoms. The van der Waals surface area contributed by atoms with Crippen molar-refractivity contribution in [2.45, 2.75) is 43.9 Å². The van der Waals surface area contributed by atoms with E-state index in [0.29, 0.717) is 17.2 Å². The van der Waals surface area contributed by atoms with Crippen molar-refractivity contribution in [2.75, 3.05) is 38.7 Å².